The smallest absolute Gasteiger partial charge is 0.342 e. The van der Waals surface area contributed by atoms with Gasteiger partial charge in [0, 0.05) is 32.0 Å². The van der Waals surface area contributed by atoms with E-state index in [4.69, 9.17) is 23.2 Å². The summed E-state index contributed by atoms with van der Waals surface area (Å²) >= 11 is 12.0. The van der Waals surface area contributed by atoms with E-state index < -0.39 is 0 Å². The van der Waals surface area contributed by atoms with Gasteiger partial charge < -0.3 is 4.90 Å². The maximum atomic E-state index is 12.6. The molecule has 2 heterocycles. The Kier molecular flexibility index (Phi) is 5.03. The summed E-state index contributed by atoms with van der Waals surface area (Å²) < 4.78 is 3.09. The van der Waals surface area contributed by atoms with Crippen molar-refractivity contribution in [2.75, 3.05) is 13.1 Å². The molecule has 27 heavy (non-hydrogen) atoms. The molecule has 0 N–H and O–H groups in total. The van der Waals surface area contributed by atoms with Crippen LogP contribution >= 0.6 is 23.2 Å². The monoisotopic (exact) mass is 408 g/mol. The number of carbonyl (C=O) groups excluding carboxylic acids is 1. The molecule has 1 aliphatic carbocycles. The molecule has 0 unspecified atom stereocenters. The zero-order chi connectivity index (χ0) is 19.1. The van der Waals surface area contributed by atoms with Crippen LogP contribution < -0.4 is 5.69 Å². The van der Waals surface area contributed by atoms with E-state index in [0.717, 1.165) is 50.2 Å². The molecule has 8 heteroatoms. The Hall–Kier alpha value is -1.79. The summed E-state index contributed by atoms with van der Waals surface area (Å²) in [5.74, 6) is 1.54. The van der Waals surface area contributed by atoms with Gasteiger partial charge in [-0.05, 0) is 43.4 Å². The normalized spacial score (nSPS) is 18.1. The van der Waals surface area contributed by atoms with Crippen molar-refractivity contribution < 1.29 is 4.79 Å². The highest BCUT2D eigenvalue weighted by Gasteiger charge is 2.35. The lowest BCUT2D eigenvalue weighted by molar-refractivity contribution is -0.133. The Labute approximate surface area is 167 Å². The molecule has 4 rings (SSSR count). The molecule has 6 nitrogen and oxygen atoms in total. The SMILES string of the molecule is Cn1c(C2CCN(C(=O)C3CC3)CC2)nn(Cc2ccc(Cl)c(Cl)c2)c1=O. The molecule has 0 radical (unpaired) electrons. The molecular formula is C19H22Cl2N4O2. The Balaban J connectivity index is 1.48. The van der Waals surface area contributed by atoms with Crippen LogP contribution in [0.1, 0.15) is 43.0 Å². The molecule has 0 bridgehead atoms. The number of aromatic nitrogens is 3. The molecule has 0 spiro atoms. The van der Waals surface area contributed by atoms with Crippen molar-refractivity contribution in [3.8, 4) is 0 Å². The van der Waals surface area contributed by atoms with E-state index in [-0.39, 0.29) is 17.5 Å². The number of hydrogen-bond acceptors (Lipinski definition) is 3. The Morgan fingerprint density at radius 2 is 1.85 bits per heavy atom. The fraction of sp³-hybridized carbons (Fsp3) is 0.526. The summed E-state index contributed by atoms with van der Waals surface area (Å²) in [5, 5.41) is 5.54. The quantitative estimate of drug-likeness (QED) is 0.780. The Morgan fingerprint density at radius 3 is 2.48 bits per heavy atom. The van der Waals surface area contributed by atoms with Crippen LogP contribution in [0, 0.1) is 5.92 Å². The van der Waals surface area contributed by atoms with Crippen LogP contribution in [0.4, 0.5) is 0 Å². The van der Waals surface area contributed by atoms with Crippen molar-refractivity contribution in [2.24, 2.45) is 13.0 Å². The van der Waals surface area contributed by atoms with Gasteiger partial charge in [0.15, 0.2) is 0 Å². The molecule has 1 aromatic heterocycles. The van der Waals surface area contributed by atoms with E-state index in [9.17, 15) is 9.59 Å². The molecular weight excluding hydrogens is 387 g/mol. The molecule has 2 aromatic rings. The maximum absolute atomic E-state index is 12.6. The maximum Gasteiger partial charge on any atom is 0.345 e. The first-order valence-electron chi connectivity index (χ1n) is 9.30. The average molecular weight is 409 g/mol. The van der Waals surface area contributed by atoms with E-state index in [1.54, 1.807) is 23.7 Å². The highest BCUT2D eigenvalue weighted by molar-refractivity contribution is 6.42. The van der Waals surface area contributed by atoms with Crippen LogP contribution in [-0.4, -0.2) is 38.2 Å². The fourth-order valence-electron chi connectivity index (χ4n) is 3.72. The van der Waals surface area contributed by atoms with Gasteiger partial charge in [0.25, 0.3) is 0 Å². The first kappa shape index (κ1) is 18.6. The second kappa shape index (κ2) is 7.32. The number of nitrogens with zero attached hydrogens (tertiary/aromatic N) is 4. The highest BCUT2D eigenvalue weighted by Crippen LogP contribution is 2.34. The van der Waals surface area contributed by atoms with Gasteiger partial charge in [-0.1, -0.05) is 29.3 Å². The standard InChI is InChI=1S/C19H22Cl2N4O2/c1-23-17(13-6-8-24(9-7-13)18(26)14-3-4-14)22-25(19(23)27)11-12-2-5-15(20)16(21)10-12/h2,5,10,13-14H,3-4,6-9,11H2,1H3. The van der Waals surface area contributed by atoms with Crippen LogP contribution in [0.3, 0.4) is 0 Å². The van der Waals surface area contributed by atoms with E-state index in [1.165, 1.54) is 4.68 Å². The minimum atomic E-state index is -0.146. The third kappa shape index (κ3) is 3.78. The van der Waals surface area contributed by atoms with E-state index in [2.05, 4.69) is 5.10 Å². The molecule has 1 saturated heterocycles. The van der Waals surface area contributed by atoms with Gasteiger partial charge in [-0.25, -0.2) is 9.48 Å². The topological polar surface area (TPSA) is 60.1 Å². The summed E-state index contributed by atoms with van der Waals surface area (Å²) in [4.78, 5) is 26.8. The fourth-order valence-corrected chi connectivity index (χ4v) is 4.04. The lowest BCUT2D eigenvalue weighted by Gasteiger charge is -2.31. The van der Waals surface area contributed by atoms with E-state index >= 15 is 0 Å². The van der Waals surface area contributed by atoms with Gasteiger partial charge in [-0.2, -0.15) is 5.10 Å². The van der Waals surface area contributed by atoms with Crippen LogP contribution in [-0.2, 0) is 18.4 Å². The van der Waals surface area contributed by atoms with Crippen molar-refractivity contribution >= 4 is 29.1 Å². The van der Waals surface area contributed by atoms with Gasteiger partial charge >= 0.3 is 5.69 Å². The zero-order valence-electron chi connectivity index (χ0n) is 15.2. The summed E-state index contributed by atoms with van der Waals surface area (Å²) in [6.07, 6.45) is 3.75. The zero-order valence-corrected chi connectivity index (χ0v) is 16.7. The predicted molar refractivity (Wildman–Crippen MR) is 104 cm³/mol. The first-order valence-corrected chi connectivity index (χ1v) is 10.1. The van der Waals surface area contributed by atoms with Crippen molar-refractivity contribution in [2.45, 2.75) is 38.1 Å². The van der Waals surface area contributed by atoms with E-state index in [0.29, 0.717) is 22.5 Å². The third-order valence-corrected chi connectivity index (χ3v) is 6.23. The highest BCUT2D eigenvalue weighted by atomic mass is 35.5. The van der Waals surface area contributed by atoms with Gasteiger partial charge in [0.1, 0.15) is 5.82 Å². The average Bonchev–Trinajstić information content (AvgIpc) is 3.48. The number of amides is 1. The summed E-state index contributed by atoms with van der Waals surface area (Å²) in [6, 6.07) is 5.32. The van der Waals surface area contributed by atoms with Crippen molar-refractivity contribution in [1.29, 1.82) is 0 Å². The number of halogens is 2. The number of rotatable bonds is 4. The molecule has 1 aliphatic heterocycles. The molecule has 1 saturated carbocycles. The lowest BCUT2D eigenvalue weighted by atomic mass is 9.95. The number of hydrogen-bond donors (Lipinski definition) is 0. The minimum absolute atomic E-state index is 0.146. The molecule has 0 atom stereocenters. The van der Waals surface area contributed by atoms with Crippen LogP contribution in [0.25, 0.3) is 0 Å². The molecule has 2 aliphatic rings. The lowest BCUT2D eigenvalue weighted by Crippen LogP contribution is -2.39. The van der Waals surface area contributed by atoms with E-state index in [1.807, 2.05) is 11.0 Å². The molecule has 1 aromatic carbocycles. The number of carbonyl (C=O) groups is 1. The van der Waals surface area contributed by atoms with Gasteiger partial charge in [0.2, 0.25) is 5.91 Å². The van der Waals surface area contributed by atoms with Crippen LogP contribution in [0.2, 0.25) is 10.0 Å². The number of piperidine rings is 1. The van der Waals surface area contributed by atoms with Crippen molar-refractivity contribution in [1.82, 2.24) is 19.2 Å². The number of benzene rings is 1. The van der Waals surface area contributed by atoms with Gasteiger partial charge in [0.05, 0.1) is 16.6 Å². The first-order chi connectivity index (χ1) is 12.9. The third-order valence-electron chi connectivity index (χ3n) is 5.49. The molecule has 2 fully saturated rings. The Morgan fingerprint density at radius 1 is 1.15 bits per heavy atom. The molecule has 144 valence electrons. The summed E-state index contributed by atoms with van der Waals surface area (Å²) in [5.41, 5.74) is 0.730. The minimum Gasteiger partial charge on any atom is -0.342 e. The second-order valence-corrected chi connectivity index (χ2v) is 8.29. The largest absolute Gasteiger partial charge is 0.345 e. The number of likely N-dealkylation sites (tertiary alicyclic amines) is 1. The van der Waals surface area contributed by atoms with Crippen LogP contribution in [0.5, 0.6) is 0 Å². The van der Waals surface area contributed by atoms with Gasteiger partial charge in [-0.3, -0.25) is 9.36 Å². The van der Waals surface area contributed by atoms with Crippen molar-refractivity contribution in [3.05, 3.63) is 50.1 Å². The summed E-state index contributed by atoms with van der Waals surface area (Å²) in [6.45, 7) is 1.84. The van der Waals surface area contributed by atoms with Crippen LogP contribution in [0.15, 0.2) is 23.0 Å². The Bertz CT molecular complexity index is 924. The second-order valence-electron chi connectivity index (χ2n) is 7.48. The summed E-state index contributed by atoms with van der Waals surface area (Å²) in [7, 11) is 1.76. The molecule has 1 amide bonds. The van der Waals surface area contributed by atoms with Gasteiger partial charge in [-0.15, -0.1) is 0 Å². The predicted octanol–water partition coefficient (Wildman–Crippen LogP) is 3.05. The van der Waals surface area contributed by atoms with Crippen molar-refractivity contribution in [3.63, 3.8) is 0 Å².